The number of rotatable bonds is 6. The number of benzene rings is 1. The van der Waals surface area contributed by atoms with E-state index >= 15 is 0 Å². The van der Waals surface area contributed by atoms with E-state index in [0.29, 0.717) is 5.50 Å². The van der Waals surface area contributed by atoms with Crippen LogP contribution in [0.3, 0.4) is 0 Å². The summed E-state index contributed by atoms with van der Waals surface area (Å²) in [6.45, 7) is 19.2. The van der Waals surface area contributed by atoms with E-state index in [1.807, 2.05) is 24.3 Å². The Hall–Kier alpha value is -0.786. The predicted molar refractivity (Wildman–Crippen MR) is 116 cm³/mol. The van der Waals surface area contributed by atoms with Crippen LogP contribution in [0.2, 0.25) is 29.7 Å². The number of carbonyl (C=O) groups excluding carboxylic acids is 1. The lowest BCUT2D eigenvalue weighted by Gasteiger charge is -2.38. The van der Waals surface area contributed by atoms with E-state index in [0.717, 1.165) is 11.3 Å². The standard InChI is InChI=1S/C20H35ClO3Si2/c1-19(2,3)25(7,8)24-18(22)14-16-10-12-17(13-11-16)23-26(9,15-21)20(4,5)6/h10-13H,14-15H2,1-9H3. The Bertz CT molecular complexity index is 615. The molecule has 0 aliphatic rings. The summed E-state index contributed by atoms with van der Waals surface area (Å²) in [6, 6.07) is 7.73. The van der Waals surface area contributed by atoms with Crippen LogP contribution in [0.25, 0.3) is 0 Å². The van der Waals surface area contributed by atoms with Gasteiger partial charge in [-0.2, -0.15) is 0 Å². The Morgan fingerprint density at radius 3 is 1.85 bits per heavy atom. The molecule has 1 atom stereocenters. The van der Waals surface area contributed by atoms with Crippen molar-refractivity contribution in [1.82, 2.24) is 0 Å². The fourth-order valence-corrected chi connectivity index (χ4v) is 5.69. The first-order chi connectivity index (χ1) is 11.6. The van der Waals surface area contributed by atoms with Gasteiger partial charge in [-0.3, -0.25) is 4.79 Å². The Kier molecular flexibility index (Phi) is 7.22. The summed E-state index contributed by atoms with van der Waals surface area (Å²) in [5.41, 5.74) is 1.47. The van der Waals surface area contributed by atoms with Crippen molar-refractivity contribution >= 4 is 34.2 Å². The van der Waals surface area contributed by atoms with Crippen LogP contribution in [-0.4, -0.2) is 28.1 Å². The normalized spacial score (nSPS) is 15.3. The van der Waals surface area contributed by atoms with Gasteiger partial charge < -0.3 is 8.85 Å². The van der Waals surface area contributed by atoms with Gasteiger partial charge in [-0.15, -0.1) is 11.6 Å². The van der Waals surface area contributed by atoms with Crippen molar-refractivity contribution < 1.29 is 13.6 Å². The van der Waals surface area contributed by atoms with Gasteiger partial charge in [0.15, 0.2) is 0 Å². The molecule has 26 heavy (non-hydrogen) atoms. The second-order valence-corrected chi connectivity index (χ2v) is 19.7. The zero-order valence-corrected chi connectivity index (χ0v) is 20.6. The monoisotopic (exact) mass is 414 g/mol. The molecule has 0 amide bonds. The molecule has 0 aliphatic heterocycles. The van der Waals surface area contributed by atoms with Crippen LogP contribution in [-0.2, 0) is 15.6 Å². The van der Waals surface area contributed by atoms with E-state index in [1.165, 1.54) is 0 Å². The lowest BCUT2D eigenvalue weighted by molar-refractivity contribution is -0.134. The number of alkyl halides is 1. The third-order valence-corrected chi connectivity index (χ3v) is 15.9. The van der Waals surface area contributed by atoms with Gasteiger partial charge in [0.2, 0.25) is 0 Å². The summed E-state index contributed by atoms with van der Waals surface area (Å²) >= 11 is 6.22. The first-order valence-corrected chi connectivity index (χ1v) is 15.2. The predicted octanol–water partition coefficient (Wildman–Crippen LogP) is 6.31. The Morgan fingerprint density at radius 1 is 0.962 bits per heavy atom. The number of carbonyl (C=O) groups is 1. The number of halogens is 1. The van der Waals surface area contributed by atoms with Crippen LogP contribution in [0.4, 0.5) is 0 Å². The molecule has 0 N–H and O–H groups in total. The fraction of sp³-hybridized carbons (Fsp3) is 0.650. The molecule has 0 aliphatic carbocycles. The van der Waals surface area contributed by atoms with Gasteiger partial charge in [0.1, 0.15) is 5.75 Å². The Labute approximate surface area is 166 Å². The fourth-order valence-electron chi connectivity index (χ4n) is 1.96. The van der Waals surface area contributed by atoms with Crippen LogP contribution in [0.5, 0.6) is 5.75 Å². The summed E-state index contributed by atoms with van der Waals surface area (Å²) in [4.78, 5) is 12.3. The lowest BCUT2D eigenvalue weighted by atomic mass is 10.1. The molecule has 0 saturated carbocycles. The summed E-state index contributed by atoms with van der Waals surface area (Å²) in [7, 11) is -4.16. The smallest absolute Gasteiger partial charge is 0.296 e. The van der Waals surface area contributed by atoms with Crippen LogP contribution >= 0.6 is 11.6 Å². The summed E-state index contributed by atoms with van der Waals surface area (Å²) in [5, 5.41) is 0.0599. The van der Waals surface area contributed by atoms with Gasteiger partial charge in [0.05, 0.1) is 11.9 Å². The van der Waals surface area contributed by atoms with Crippen molar-refractivity contribution in [3.63, 3.8) is 0 Å². The maximum atomic E-state index is 12.3. The van der Waals surface area contributed by atoms with E-state index < -0.39 is 16.6 Å². The molecule has 6 heteroatoms. The molecule has 0 saturated heterocycles. The second kappa shape index (κ2) is 8.07. The van der Waals surface area contributed by atoms with Crippen molar-refractivity contribution in [1.29, 1.82) is 0 Å². The van der Waals surface area contributed by atoms with Crippen LogP contribution in [0.15, 0.2) is 24.3 Å². The molecule has 1 rings (SSSR count). The molecule has 0 spiro atoms. The molecule has 1 aromatic rings. The molecule has 1 unspecified atom stereocenters. The van der Waals surface area contributed by atoms with Gasteiger partial charge in [-0.25, -0.2) is 0 Å². The van der Waals surface area contributed by atoms with E-state index in [4.69, 9.17) is 20.5 Å². The minimum atomic E-state index is -2.09. The maximum Gasteiger partial charge on any atom is 0.296 e. The molecule has 0 fully saturated rings. The highest BCUT2D eigenvalue weighted by atomic mass is 35.5. The van der Waals surface area contributed by atoms with E-state index in [9.17, 15) is 4.79 Å². The average molecular weight is 415 g/mol. The topological polar surface area (TPSA) is 35.5 Å². The Morgan fingerprint density at radius 2 is 1.46 bits per heavy atom. The quantitative estimate of drug-likeness (QED) is 0.404. The van der Waals surface area contributed by atoms with Crippen LogP contribution in [0.1, 0.15) is 47.1 Å². The molecule has 0 heterocycles. The van der Waals surface area contributed by atoms with Gasteiger partial charge >= 0.3 is 0 Å². The average Bonchev–Trinajstić information content (AvgIpc) is 2.46. The highest BCUT2D eigenvalue weighted by molar-refractivity contribution is 6.81. The zero-order chi connectivity index (χ0) is 20.4. The molecule has 0 radical (unpaired) electrons. The summed E-state index contributed by atoms with van der Waals surface area (Å²) in [6.07, 6.45) is 0.288. The number of hydrogen-bond donors (Lipinski definition) is 0. The maximum absolute atomic E-state index is 12.3. The third kappa shape index (κ3) is 5.86. The number of hydrogen-bond acceptors (Lipinski definition) is 3. The van der Waals surface area contributed by atoms with E-state index in [-0.39, 0.29) is 22.5 Å². The SMILES string of the molecule is CC(C)(C)[Si](C)(C)OC(=O)Cc1ccc(O[Si](C)(CCl)C(C)(C)C)cc1. The summed E-state index contributed by atoms with van der Waals surface area (Å²) in [5.74, 6) is 0.663. The van der Waals surface area contributed by atoms with Gasteiger partial charge in [-0.05, 0) is 47.4 Å². The lowest BCUT2D eigenvalue weighted by Crippen LogP contribution is -2.49. The third-order valence-electron chi connectivity index (χ3n) is 5.63. The van der Waals surface area contributed by atoms with E-state index in [1.54, 1.807) is 0 Å². The molecule has 148 valence electrons. The van der Waals surface area contributed by atoms with Crippen LogP contribution in [0, 0.1) is 0 Å². The van der Waals surface area contributed by atoms with Gasteiger partial charge in [-0.1, -0.05) is 53.7 Å². The van der Waals surface area contributed by atoms with E-state index in [2.05, 4.69) is 61.2 Å². The van der Waals surface area contributed by atoms with Crippen molar-refractivity contribution in [3.05, 3.63) is 29.8 Å². The second-order valence-electron chi connectivity index (χ2n) is 9.77. The van der Waals surface area contributed by atoms with Crippen molar-refractivity contribution in [2.24, 2.45) is 0 Å². The minimum absolute atomic E-state index is 0.0178. The first kappa shape index (κ1) is 23.3. The van der Waals surface area contributed by atoms with Crippen LogP contribution < -0.4 is 4.43 Å². The highest BCUT2D eigenvalue weighted by Gasteiger charge is 2.43. The van der Waals surface area contributed by atoms with Gasteiger partial charge in [0, 0.05) is 0 Å². The zero-order valence-electron chi connectivity index (χ0n) is 17.8. The molecular formula is C20H35ClO3Si2. The van der Waals surface area contributed by atoms with Crippen molar-refractivity contribution in [3.8, 4) is 5.75 Å². The van der Waals surface area contributed by atoms with Crippen molar-refractivity contribution in [2.45, 2.75) is 77.7 Å². The van der Waals surface area contributed by atoms with Gasteiger partial charge in [0.25, 0.3) is 22.6 Å². The first-order valence-electron chi connectivity index (χ1n) is 9.17. The molecule has 0 bridgehead atoms. The highest BCUT2D eigenvalue weighted by Crippen LogP contribution is 2.38. The largest absolute Gasteiger partial charge is 0.542 e. The molecule has 3 nitrogen and oxygen atoms in total. The Balaban J connectivity index is 2.78. The molecule has 1 aromatic carbocycles. The van der Waals surface area contributed by atoms with Crippen molar-refractivity contribution in [2.75, 3.05) is 5.50 Å². The molecular weight excluding hydrogens is 380 g/mol. The summed E-state index contributed by atoms with van der Waals surface area (Å²) < 4.78 is 12.1. The molecule has 0 aromatic heterocycles. The minimum Gasteiger partial charge on any atom is -0.542 e.